The van der Waals surface area contributed by atoms with Gasteiger partial charge in [-0.05, 0) is 17.5 Å². The third-order valence-corrected chi connectivity index (χ3v) is 3.16. The Labute approximate surface area is 115 Å². The molecule has 0 fully saturated rings. The Morgan fingerprint density at radius 3 is 2.42 bits per heavy atom. The van der Waals surface area contributed by atoms with Crippen LogP contribution >= 0.6 is 0 Å². The molecule has 2 N–H and O–H groups in total. The van der Waals surface area contributed by atoms with E-state index in [0.717, 1.165) is 5.56 Å². The normalized spacial score (nSPS) is 13.1. The van der Waals surface area contributed by atoms with Gasteiger partial charge in [0.15, 0.2) is 6.10 Å². The van der Waals surface area contributed by atoms with Crippen molar-refractivity contribution in [1.29, 1.82) is 0 Å². The molecule has 0 aliphatic carbocycles. The molecule has 1 atom stereocenters. The number of likely N-dealkylation sites (N-methyl/N-ethyl adjacent to an activating group) is 1. The molecule has 1 aromatic rings. The van der Waals surface area contributed by atoms with E-state index in [9.17, 15) is 4.79 Å². The number of benzene rings is 1. The number of ether oxygens (including phenoxy) is 1. The molecule has 0 saturated heterocycles. The van der Waals surface area contributed by atoms with Gasteiger partial charge < -0.3 is 15.4 Å². The van der Waals surface area contributed by atoms with Gasteiger partial charge in [-0.15, -0.1) is 0 Å². The molecule has 106 valence electrons. The van der Waals surface area contributed by atoms with Gasteiger partial charge in [-0.1, -0.05) is 44.2 Å². The molecule has 4 nitrogen and oxygen atoms in total. The van der Waals surface area contributed by atoms with Crippen molar-refractivity contribution in [2.45, 2.75) is 20.0 Å². The average molecular weight is 264 g/mol. The summed E-state index contributed by atoms with van der Waals surface area (Å²) in [5, 5.41) is 0. The van der Waals surface area contributed by atoms with E-state index in [2.05, 4.69) is 0 Å². The summed E-state index contributed by atoms with van der Waals surface area (Å²) in [5.74, 6) is -0.0461. The Balaban J connectivity index is 2.80. The summed E-state index contributed by atoms with van der Waals surface area (Å²) in [4.78, 5) is 14.1. The number of methoxy groups -OCH3 is 1. The van der Waals surface area contributed by atoms with Gasteiger partial charge >= 0.3 is 0 Å². The van der Waals surface area contributed by atoms with Gasteiger partial charge in [0.05, 0.1) is 0 Å². The molecular formula is C15H24N2O2. The maximum atomic E-state index is 12.4. The van der Waals surface area contributed by atoms with E-state index in [4.69, 9.17) is 10.5 Å². The Bertz CT molecular complexity index is 404. The van der Waals surface area contributed by atoms with Crippen LogP contribution in [-0.4, -0.2) is 38.1 Å². The maximum Gasteiger partial charge on any atom is 0.256 e. The number of amides is 1. The van der Waals surface area contributed by atoms with Crippen molar-refractivity contribution < 1.29 is 9.53 Å². The van der Waals surface area contributed by atoms with Crippen LogP contribution in [0.25, 0.3) is 0 Å². The summed E-state index contributed by atoms with van der Waals surface area (Å²) in [6.07, 6.45) is -0.556. The van der Waals surface area contributed by atoms with Crippen LogP contribution in [0, 0.1) is 5.41 Å². The molecule has 1 unspecified atom stereocenters. The van der Waals surface area contributed by atoms with Crippen LogP contribution in [0.2, 0.25) is 0 Å². The van der Waals surface area contributed by atoms with Crippen molar-refractivity contribution in [3.63, 3.8) is 0 Å². The zero-order chi connectivity index (χ0) is 14.5. The van der Waals surface area contributed by atoms with Crippen molar-refractivity contribution in [2.24, 2.45) is 11.1 Å². The quantitative estimate of drug-likeness (QED) is 0.852. The van der Waals surface area contributed by atoms with E-state index in [-0.39, 0.29) is 11.3 Å². The van der Waals surface area contributed by atoms with Gasteiger partial charge in [-0.3, -0.25) is 4.79 Å². The fraction of sp³-hybridized carbons (Fsp3) is 0.533. The summed E-state index contributed by atoms with van der Waals surface area (Å²) >= 11 is 0. The molecule has 0 bridgehead atoms. The zero-order valence-electron chi connectivity index (χ0n) is 12.2. The molecule has 0 aliphatic rings. The Kier molecular flexibility index (Phi) is 5.51. The minimum absolute atomic E-state index is 0.0461. The van der Waals surface area contributed by atoms with E-state index in [1.165, 1.54) is 0 Å². The van der Waals surface area contributed by atoms with Crippen molar-refractivity contribution in [3.8, 4) is 0 Å². The minimum Gasteiger partial charge on any atom is -0.367 e. The Morgan fingerprint density at radius 1 is 1.37 bits per heavy atom. The highest BCUT2D eigenvalue weighted by Gasteiger charge is 2.27. The summed E-state index contributed by atoms with van der Waals surface area (Å²) < 4.78 is 5.34. The standard InChI is InChI=1S/C15H24N2O2/c1-15(2,10-16)11-17(3)14(18)13(19-4)12-8-6-5-7-9-12/h5-9,13H,10-11,16H2,1-4H3. The van der Waals surface area contributed by atoms with Gasteiger partial charge in [-0.2, -0.15) is 0 Å². The fourth-order valence-corrected chi connectivity index (χ4v) is 1.99. The second-order valence-electron chi connectivity index (χ2n) is 5.59. The molecule has 19 heavy (non-hydrogen) atoms. The van der Waals surface area contributed by atoms with Crippen molar-refractivity contribution in [2.75, 3.05) is 27.2 Å². The number of carbonyl (C=O) groups excluding carboxylic acids is 1. The molecule has 4 heteroatoms. The van der Waals surface area contributed by atoms with Crippen LogP contribution in [0.5, 0.6) is 0 Å². The number of hydrogen-bond acceptors (Lipinski definition) is 3. The lowest BCUT2D eigenvalue weighted by atomic mass is 9.93. The molecule has 0 spiro atoms. The lowest BCUT2D eigenvalue weighted by Crippen LogP contribution is -2.42. The number of nitrogens with two attached hydrogens (primary N) is 1. The van der Waals surface area contributed by atoms with Crippen molar-refractivity contribution in [1.82, 2.24) is 4.90 Å². The predicted molar refractivity (Wildman–Crippen MR) is 76.7 cm³/mol. The van der Waals surface area contributed by atoms with Gasteiger partial charge in [-0.25, -0.2) is 0 Å². The van der Waals surface area contributed by atoms with E-state index in [1.807, 2.05) is 44.2 Å². The largest absolute Gasteiger partial charge is 0.367 e. The van der Waals surface area contributed by atoms with Gasteiger partial charge in [0, 0.05) is 20.7 Å². The molecule has 1 aromatic carbocycles. The lowest BCUT2D eigenvalue weighted by Gasteiger charge is -2.31. The van der Waals surface area contributed by atoms with Gasteiger partial charge in [0.25, 0.3) is 5.91 Å². The average Bonchev–Trinajstić information content (AvgIpc) is 2.40. The second-order valence-corrected chi connectivity index (χ2v) is 5.59. The first-order valence-corrected chi connectivity index (χ1v) is 6.44. The SMILES string of the molecule is COC(C(=O)N(C)CC(C)(C)CN)c1ccccc1. The highest BCUT2D eigenvalue weighted by molar-refractivity contribution is 5.82. The monoisotopic (exact) mass is 264 g/mol. The summed E-state index contributed by atoms with van der Waals surface area (Å²) in [7, 11) is 3.34. The fourth-order valence-electron chi connectivity index (χ4n) is 1.99. The summed E-state index contributed by atoms with van der Waals surface area (Å²) in [5.41, 5.74) is 6.48. The topological polar surface area (TPSA) is 55.6 Å². The second kappa shape index (κ2) is 6.68. The highest BCUT2D eigenvalue weighted by atomic mass is 16.5. The Hall–Kier alpha value is -1.39. The summed E-state index contributed by atoms with van der Waals surface area (Å²) in [6, 6.07) is 9.51. The number of rotatable bonds is 6. The molecule has 0 aromatic heterocycles. The van der Waals surface area contributed by atoms with Crippen LogP contribution in [0.1, 0.15) is 25.5 Å². The van der Waals surface area contributed by atoms with Crippen molar-refractivity contribution in [3.05, 3.63) is 35.9 Å². The molecule has 0 heterocycles. The Morgan fingerprint density at radius 2 is 1.95 bits per heavy atom. The van der Waals surface area contributed by atoms with Crippen LogP contribution in [0.4, 0.5) is 0 Å². The number of carbonyl (C=O) groups is 1. The molecule has 0 saturated carbocycles. The maximum absolute atomic E-state index is 12.4. The van der Waals surface area contributed by atoms with Crippen LogP contribution in [0.15, 0.2) is 30.3 Å². The third kappa shape index (κ3) is 4.33. The predicted octanol–water partition coefficient (Wildman–Crippen LogP) is 1.82. The van der Waals surface area contributed by atoms with E-state index >= 15 is 0 Å². The van der Waals surface area contributed by atoms with Crippen molar-refractivity contribution >= 4 is 5.91 Å². The highest BCUT2D eigenvalue weighted by Crippen LogP contribution is 2.21. The third-order valence-electron chi connectivity index (χ3n) is 3.16. The van der Waals surface area contributed by atoms with Gasteiger partial charge in [0.1, 0.15) is 0 Å². The molecule has 0 aliphatic heterocycles. The molecule has 1 amide bonds. The lowest BCUT2D eigenvalue weighted by molar-refractivity contribution is -0.142. The van der Waals surface area contributed by atoms with Gasteiger partial charge in [0.2, 0.25) is 0 Å². The molecule has 0 radical (unpaired) electrons. The first kappa shape index (κ1) is 15.7. The van der Waals surface area contributed by atoms with E-state index in [1.54, 1.807) is 19.1 Å². The zero-order valence-corrected chi connectivity index (χ0v) is 12.2. The molecular weight excluding hydrogens is 240 g/mol. The first-order chi connectivity index (χ1) is 8.91. The minimum atomic E-state index is -0.556. The van der Waals surface area contributed by atoms with Crippen LogP contribution in [-0.2, 0) is 9.53 Å². The van der Waals surface area contributed by atoms with E-state index < -0.39 is 6.10 Å². The number of hydrogen-bond donors (Lipinski definition) is 1. The van der Waals surface area contributed by atoms with E-state index in [0.29, 0.717) is 13.1 Å². The molecule has 1 rings (SSSR count). The smallest absolute Gasteiger partial charge is 0.256 e. The first-order valence-electron chi connectivity index (χ1n) is 6.44. The summed E-state index contributed by atoms with van der Waals surface area (Å²) in [6.45, 7) is 5.23. The van der Waals surface area contributed by atoms with Crippen LogP contribution < -0.4 is 5.73 Å². The number of nitrogens with zero attached hydrogens (tertiary/aromatic N) is 1. The van der Waals surface area contributed by atoms with Crippen LogP contribution in [0.3, 0.4) is 0 Å².